The van der Waals surface area contributed by atoms with E-state index in [1.807, 2.05) is 0 Å². The Hall–Kier alpha value is -3.35. The van der Waals surface area contributed by atoms with Crippen LogP contribution < -0.4 is 5.32 Å². The molecule has 130 valence electrons. The van der Waals surface area contributed by atoms with Gasteiger partial charge in [-0.25, -0.2) is 13.8 Å². The highest BCUT2D eigenvalue weighted by Crippen LogP contribution is 2.26. The fourth-order valence-corrected chi connectivity index (χ4v) is 2.91. The van der Waals surface area contributed by atoms with Crippen molar-refractivity contribution in [2.75, 3.05) is 0 Å². The van der Waals surface area contributed by atoms with Crippen molar-refractivity contribution in [1.82, 2.24) is 15.3 Å². The third kappa shape index (κ3) is 2.67. The van der Waals surface area contributed by atoms with Crippen LogP contribution in [0.4, 0.5) is 13.2 Å². The van der Waals surface area contributed by atoms with Crippen LogP contribution in [0.25, 0.3) is 21.8 Å². The number of nitrogens with zero attached hydrogens (tertiary/aromatic N) is 1. The van der Waals surface area contributed by atoms with E-state index >= 15 is 0 Å². The molecule has 2 aromatic heterocycles. The van der Waals surface area contributed by atoms with E-state index in [9.17, 15) is 18.0 Å². The van der Waals surface area contributed by atoms with Crippen molar-refractivity contribution >= 4 is 27.7 Å². The first-order chi connectivity index (χ1) is 12.5. The second kappa shape index (κ2) is 6.18. The van der Waals surface area contributed by atoms with Crippen molar-refractivity contribution in [3.05, 3.63) is 77.4 Å². The Balaban J connectivity index is 1.63. The van der Waals surface area contributed by atoms with Crippen LogP contribution in [-0.2, 0) is 6.54 Å². The van der Waals surface area contributed by atoms with Crippen molar-refractivity contribution in [2.24, 2.45) is 0 Å². The van der Waals surface area contributed by atoms with Gasteiger partial charge in [-0.05, 0) is 30.3 Å². The monoisotopic (exact) mass is 355 g/mol. The number of benzene rings is 2. The number of pyridine rings is 1. The van der Waals surface area contributed by atoms with E-state index in [1.165, 1.54) is 12.3 Å². The summed E-state index contributed by atoms with van der Waals surface area (Å²) in [7, 11) is 0. The summed E-state index contributed by atoms with van der Waals surface area (Å²) in [5.41, 5.74) is 0.903. The smallest absolute Gasteiger partial charge is 0.251 e. The highest BCUT2D eigenvalue weighted by Gasteiger charge is 2.14. The zero-order chi connectivity index (χ0) is 18.3. The molecule has 0 aliphatic rings. The van der Waals surface area contributed by atoms with Crippen LogP contribution in [0.1, 0.15) is 15.9 Å². The lowest BCUT2D eigenvalue weighted by Crippen LogP contribution is -2.23. The van der Waals surface area contributed by atoms with Crippen molar-refractivity contribution < 1.29 is 18.0 Å². The van der Waals surface area contributed by atoms with Gasteiger partial charge in [-0.1, -0.05) is 12.1 Å². The minimum absolute atomic E-state index is 0.208. The molecule has 0 bridgehead atoms. The van der Waals surface area contributed by atoms with Crippen LogP contribution >= 0.6 is 0 Å². The van der Waals surface area contributed by atoms with Gasteiger partial charge in [0.2, 0.25) is 5.95 Å². The molecule has 7 heteroatoms. The van der Waals surface area contributed by atoms with Crippen LogP contribution in [0.15, 0.2) is 48.7 Å². The molecule has 4 rings (SSSR count). The van der Waals surface area contributed by atoms with Crippen molar-refractivity contribution in [3.8, 4) is 0 Å². The molecule has 0 aliphatic carbocycles. The van der Waals surface area contributed by atoms with Gasteiger partial charge in [-0.3, -0.25) is 4.79 Å². The number of aromatic amines is 1. The summed E-state index contributed by atoms with van der Waals surface area (Å²) in [6, 6.07) is 10.0. The number of nitrogens with one attached hydrogen (secondary N) is 2. The Morgan fingerprint density at radius 2 is 1.81 bits per heavy atom. The summed E-state index contributed by atoms with van der Waals surface area (Å²) >= 11 is 0. The van der Waals surface area contributed by atoms with E-state index in [1.54, 1.807) is 24.3 Å². The highest BCUT2D eigenvalue weighted by atomic mass is 19.1. The molecular weight excluding hydrogens is 343 g/mol. The minimum atomic E-state index is -0.723. The Bertz CT molecular complexity index is 1130. The van der Waals surface area contributed by atoms with E-state index in [-0.39, 0.29) is 23.2 Å². The van der Waals surface area contributed by atoms with Gasteiger partial charge in [-0.2, -0.15) is 4.39 Å². The van der Waals surface area contributed by atoms with Gasteiger partial charge >= 0.3 is 0 Å². The van der Waals surface area contributed by atoms with E-state index in [2.05, 4.69) is 15.3 Å². The number of aromatic nitrogens is 2. The quantitative estimate of drug-likeness (QED) is 0.545. The van der Waals surface area contributed by atoms with Crippen LogP contribution in [-0.4, -0.2) is 15.9 Å². The maximum atomic E-state index is 13.8. The van der Waals surface area contributed by atoms with Crippen LogP contribution in [0.5, 0.6) is 0 Å². The fourth-order valence-electron chi connectivity index (χ4n) is 2.91. The van der Waals surface area contributed by atoms with E-state index in [0.717, 1.165) is 17.5 Å². The molecule has 2 aromatic carbocycles. The molecule has 2 heterocycles. The van der Waals surface area contributed by atoms with Gasteiger partial charge < -0.3 is 10.3 Å². The number of fused-ring (bicyclic) bond motifs is 3. The standard InChI is InChI=1S/C19H12F3N3O/c20-14-2-1-3-15(21)13(14)9-24-19(26)10-4-5-11-12-6-7-23-18(22)17(12)25-16(11)8-10/h1-8,25H,9H2,(H,24,26). The van der Waals surface area contributed by atoms with Crippen LogP contribution in [0.3, 0.4) is 0 Å². The van der Waals surface area contributed by atoms with Gasteiger partial charge in [-0.15, -0.1) is 0 Å². The second-order valence-corrected chi connectivity index (χ2v) is 5.79. The molecule has 0 saturated carbocycles. The number of hydrogen-bond acceptors (Lipinski definition) is 2. The Morgan fingerprint density at radius 3 is 2.58 bits per heavy atom. The van der Waals surface area contributed by atoms with Crippen molar-refractivity contribution in [2.45, 2.75) is 6.54 Å². The third-order valence-corrected chi connectivity index (χ3v) is 4.22. The SMILES string of the molecule is O=C(NCc1c(F)cccc1F)c1ccc2c(c1)[nH]c1c(F)nccc12. The average molecular weight is 355 g/mol. The van der Waals surface area contributed by atoms with Crippen molar-refractivity contribution in [3.63, 3.8) is 0 Å². The first kappa shape index (κ1) is 16.1. The van der Waals surface area contributed by atoms with Gasteiger partial charge in [0.1, 0.15) is 17.2 Å². The maximum Gasteiger partial charge on any atom is 0.251 e. The third-order valence-electron chi connectivity index (χ3n) is 4.22. The largest absolute Gasteiger partial charge is 0.351 e. The van der Waals surface area contributed by atoms with Crippen LogP contribution in [0, 0.1) is 17.6 Å². The second-order valence-electron chi connectivity index (χ2n) is 5.79. The molecular formula is C19H12F3N3O. The first-order valence-electron chi connectivity index (χ1n) is 7.81. The molecule has 0 unspecified atom stereocenters. The van der Waals surface area contributed by atoms with Gasteiger partial charge in [0.05, 0.1) is 0 Å². The number of hydrogen-bond donors (Lipinski definition) is 2. The summed E-state index contributed by atoms with van der Waals surface area (Å²) < 4.78 is 41.0. The average Bonchev–Trinajstić information content (AvgIpc) is 3.00. The molecule has 2 N–H and O–H groups in total. The number of amides is 1. The molecule has 0 fully saturated rings. The molecule has 26 heavy (non-hydrogen) atoms. The summed E-state index contributed by atoms with van der Waals surface area (Å²) in [5.74, 6) is -2.56. The van der Waals surface area contributed by atoms with Crippen LogP contribution in [0.2, 0.25) is 0 Å². The fraction of sp³-hybridized carbons (Fsp3) is 0.0526. The zero-order valence-electron chi connectivity index (χ0n) is 13.3. The van der Waals surface area contributed by atoms with E-state index < -0.39 is 23.5 Å². The predicted molar refractivity (Wildman–Crippen MR) is 91.1 cm³/mol. The Morgan fingerprint density at radius 1 is 1.04 bits per heavy atom. The van der Waals surface area contributed by atoms with Crippen molar-refractivity contribution in [1.29, 1.82) is 0 Å². The Labute approximate surface area is 145 Å². The highest BCUT2D eigenvalue weighted by molar-refractivity contribution is 6.09. The molecule has 4 nitrogen and oxygen atoms in total. The topological polar surface area (TPSA) is 57.8 Å². The predicted octanol–water partition coefficient (Wildman–Crippen LogP) is 4.06. The zero-order valence-corrected chi connectivity index (χ0v) is 13.3. The Kier molecular flexibility index (Phi) is 3.84. The maximum absolute atomic E-state index is 13.8. The summed E-state index contributed by atoms with van der Waals surface area (Å²) in [4.78, 5) is 18.8. The minimum Gasteiger partial charge on any atom is -0.351 e. The number of halogens is 3. The summed E-state index contributed by atoms with van der Waals surface area (Å²) in [5, 5.41) is 3.90. The molecule has 0 spiro atoms. The van der Waals surface area contributed by atoms with E-state index in [4.69, 9.17) is 0 Å². The van der Waals surface area contributed by atoms with Gasteiger partial charge in [0.15, 0.2) is 0 Å². The molecule has 0 radical (unpaired) electrons. The summed E-state index contributed by atoms with van der Waals surface area (Å²) in [6.07, 6.45) is 1.37. The van der Waals surface area contributed by atoms with Gasteiger partial charge in [0.25, 0.3) is 5.91 Å². The molecule has 0 atom stereocenters. The first-order valence-corrected chi connectivity index (χ1v) is 7.81. The molecule has 0 aliphatic heterocycles. The van der Waals surface area contributed by atoms with Gasteiger partial charge in [0, 0.05) is 40.2 Å². The number of H-pyrrole nitrogens is 1. The van der Waals surface area contributed by atoms with E-state index in [0.29, 0.717) is 10.9 Å². The molecule has 1 amide bonds. The molecule has 4 aromatic rings. The number of rotatable bonds is 3. The number of carbonyl (C=O) groups excluding carboxylic acids is 1. The normalized spacial score (nSPS) is 11.2. The lowest BCUT2D eigenvalue weighted by Gasteiger charge is -2.07. The lowest BCUT2D eigenvalue weighted by atomic mass is 10.1. The summed E-state index contributed by atoms with van der Waals surface area (Å²) in [6.45, 7) is -0.277. The number of carbonyl (C=O) groups is 1. The lowest BCUT2D eigenvalue weighted by molar-refractivity contribution is 0.0950. The molecule has 0 saturated heterocycles.